The van der Waals surface area contributed by atoms with Crippen molar-refractivity contribution in [2.75, 3.05) is 19.7 Å². The largest absolute Gasteiger partial charge is 0.396 e. The molecule has 0 aliphatic carbocycles. The van der Waals surface area contributed by atoms with E-state index in [-0.39, 0.29) is 6.61 Å². The molecule has 0 heterocycles. The van der Waals surface area contributed by atoms with Gasteiger partial charge in [-0.25, -0.2) is 0 Å². The van der Waals surface area contributed by atoms with E-state index < -0.39 is 6.10 Å². The SMILES string of the molecule is CC(C)c1ccc(C(O)CNCCCCO)cc1. The van der Waals surface area contributed by atoms with Crippen LogP contribution in [0.3, 0.4) is 0 Å². The molecule has 0 aromatic heterocycles. The summed E-state index contributed by atoms with van der Waals surface area (Å²) in [7, 11) is 0. The van der Waals surface area contributed by atoms with Gasteiger partial charge in [-0.15, -0.1) is 0 Å². The van der Waals surface area contributed by atoms with Crippen molar-refractivity contribution in [3.63, 3.8) is 0 Å². The summed E-state index contributed by atoms with van der Waals surface area (Å²) in [6.07, 6.45) is 1.29. The Morgan fingerprint density at radius 3 is 2.22 bits per heavy atom. The lowest BCUT2D eigenvalue weighted by Crippen LogP contribution is -2.22. The molecule has 1 unspecified atom stereocenters. The molecule has 0 aliphatic heterocycles. The van der Waals surface area contributed by atoms with Crippen LogP contribution in [-0.2, 0) is 0 Å². The zero-order chi connectivity index (χ0) is 13.4. The van der Waals surface area contributed by atoms with Gasteiger partial charge in [-0.3, -0.25) is 0 Å². The third-order valence-corrected chi connectivity index (χ3v) is 3.09. The van der Waals surface area contributed by atoms with Gasteiger partial charge in [0.15, 0.2) is 0 Å². The van der Waals surface area contributed by atoms with Crippen molar-refractivity contribution in [2.24, 2.45) is 0 Å². The molecule has 3 nitrogen and oxygen atoms in total. The molecule has 1 rings (SSSR count). The van der Waals surface area contributed by atoms with Crippen molar-refractivity contribution < 1.29 is 10.2 Å². The molecule has 1 aromatic carbocycles. The first-order chi connectivity index (χ1) is 8.65. The van der Waals surface area contributed by atoms with Gasteiger partial charge in [0.1, 0.15) is 0 Å². The minimum absolute atomic E-state index is 0.237. The fourth-order valence-electron chi connectivity index (χ4n) is 1.82. The van der Waals surface area contributed by atoms with Crippen LogP contribution >= 0.6 is 0 Å². The van der Waals surface area contributed by atoms with Crippen LogP contribution in [0.2, 0.25) is 0 Å². The summed E-state index contributed by atoms with van der Waals surface area (Å²) in [6, 6.07) is 8.15. The third kappa shape index (κ3) is 5.17. The van der Waals surface area contributed by atoms with Gasteiger partial charge in [0.25, 0.3) is 0 Å². The average molecular weight is 251 g/mol. The molecular formula is C15H25NO2. The highest BCUT2D eigenvalue weighted by Crippen LogP contribution is 2.18. The molecular weight excluding hydrogens is 226 g/mol. The van der Waals surface area contributed by atoms with Gasteiger partial charge in [0.05, 0.1) is 6.10 Å². The Morgan fingerprint density at radius 1 is 1.06 bits per heavy atom. The Kier molecular flexibility index (Phi) is 6.94. The summed E-state index contributed by atoms with van der Waals surface area (Å²) in [5.74, 6) is 0.521. The zero-order valence-corrected chi connectivity index (χ0v) is 11.4. The van der Waals surface area contributed by atoms with Crippen LogP contribution in [0.5, 0.6) is 0 Å². The van der Waals surface area contributed by atoms with E-state index in [4.69, 9.17) is 5.11 Å². The maximum atomic E-state index is 9.99. The Morgan fingerprint density at radius 2 is 1.67 bits per heavy atom. The molecule has 0 fully saturated rings. The minimum Gasteiger partial charge on any atom is -0.396 e. The number of nitrogens with one attached hydrogen (secondary N) is 1. The lowest BCUT2D eigenvalue weighted by Gasteiger charge is -2.13. The quantitative estimate of drug-likeness (QED) is 0.621. The predicted octanol–water partition coefficient (Wildman–Crippen LogP) is 2.21. The van der Waals surface area contributed by atoms with Crippen LogP contribution in [0, 0.1) is 0 Å². The first-order valence-electron chi connectivity index (χ1n) is 6.74. The second-order valence-electron chi connectivity index (χ2n) is 4.97. The first kappa shape index (κ1) is 15.2. The van der Waals surface area contributed by atoms with Crippen LogP contribution in [-0.4, -0.2) is 29.9 Å². The van der Waals surface area contributed by atoms with Crippen molar-refractivity contribution in [2.45, 2.75) is 38.7 Å². The highest BCUT2D eigenvalue weighted by Gasteiger charge is 2.07. The Labute approximate surface area is 110 Å². The van der Waals surface area contributed by atoms with Crippen LogP contribution < -0.4 is 5.32 Å². The van der Waals surface area contributed by atoms with Crippen molar-refractivity contribution >= 4 is 0 Å². The fraction of sp³-hybridized carbons (Fsp3) is 0.600. The number of hydrogen-bond acceptors (Lipinski definition) is 3. The van der Waals surface area contributed by atoms with Gasteiger partial charge < -0.3 is 15.5 Å². The molecule has 0 bridgehead atoms. The lowest BCUT2D eigenvalue weighted by molar-refractivity contribution is 0.174. The number of hydrogen-bond donors (Lipinski definition) is 3. The summed E-state index contributed by atoms with van der Waals surface area (Å²) in [5.41, 5.74) is 2.25. The van der Waals surface area contributed by atoms with Crippen molar-refractivity contribution in [1.82, 2.24) is 5.32 Å². The lowest BCUT2D eigenvalue weighted by atomic mass is 10.00. The number of rotatable bonds is 8. The highest BCUT2D eigenvalue weighted by atomic mass is 16.3. The molecule has 0 saturated heterocycles. The molecule has 1 aromatic rings. The second kappa shape index (κ2) is 8.25. The number of unbranched alkanes of at least 4 members (excludes halogenated alkanes) is 1. The highest BCUT2D eigenvalue weighted by molar-refractivity contribution is 5.26. The molecule has 0 radical (unpaired) electrons. The predicted molar refractivity (Wildman–Crippen MR) is 74.7 cm³/mol. The Balaban J connectivity index is 2.34. The van der Waals surface area contributed by atoms with E-state index in [1.54, 1.807) is 0 Å². The molecule has 102 valence electrons. The van der Waals surface area contributed by atoms with Gasteiger partial charge in [0, 0.05) is 13.2 Å². The van der Waals surface area contributed by atoms with E-state index in [0.717, 1.165) is 24.9 Å². The Hall–Kier alpha value is -0.900. The van der Waals surface area contributed by atoms with E-state index in [1.165, 1.54) is 5.56 Å². The van der Waals surface area contributed by atoms with Crippen LogP contribution in [0.4, 0.5) is 0 Å². The van der Waals surface area contributed by atoms with E-state index in [9.17, 15) is 5.11 Å². The molecule has 0 aliphatic rings. The summed E-state index contributed by atoms with van der Waals surface area (Å²) < 4.78 is 0. The fourth-order valence-corrected chi connectivity index (χ4v) is 1.82. The molecule has 0 amide bonds. The summed E-state index contributed by atoms with van der Waals surface area (Å²) >= 11 is 0. The van der Waals surface area contributed by atoms with Crippen molar-refractivity contribution in [1.29, 1.82) is 0 Å². The van der Waals surface area contributed by atoms with Gasteiger partial charge in [-0.05, 0) is 36.4 Å². The van der Waals surface area contributed by atoms with Gasteiger partial charge in [-0.1, -0.05) is 38.1 Å². The monoisotopic (exact) mass is 251 g/mol. The third-order valence-electron chi connectivity index (χ3n) is 3.09. The van der Waals surface area contributed by atoms with E-state index >= 15 is 0 Å². The Bertz CT molecular complexity index is 322. The van der Waals surface area contributed by atoms with E-state index in [1.807, 2.05) is 12.1 Å². The topological polar surface area (TPSA) is 52.5 Å². The molecule has 3 N–H and O–H groups in total. The maximum Gasteiger partial charge on any atom is 0.0914 e. The maximum absolute atomic E-state index is 9.99. The standard InChI is InChI=1S/C15H25NO2/c1-12(2)13-5-7-14(8-6-13)15(18)11-16-9-3-4-10-17/h5-8,12,15-18H,3-4,9-11H2,1-2H3. The summed E-state index contributed by atoms with van der Waals surface area (Å²) in [5, 5.41) is 21.8. The first-order valence-corrected chi connectivity index (χ1v) is 6.74. The smallest absolute Gasteiger partial charge is 0.0914 e. The second-order valence-corrected chi connectivity index (χ2v) is 4.97. The van der Waals surface area contributed by atoms with Gasteiger partial charge in [-0.2, -0.15) is 0 Å². The molecule has 3 heteroatoms. The summed E-state index contributed by atoms with van der Waals surface area (Å²) in [4.78, 5) is 0. The molecule has 0 saturated carbocycles. The molecule has 0 spiro atoms. The number of benzene rings is 1. The zero-order valence-electron chi connectivity index (χ0n) is 11.4. The van der Waals surface area contributed by atoms with Gasteiger partial charge >= 0.3 is 0 Å². The van der Waals surface area contributed by atoms with E-state index in [2.05, 4.69) is 31.3 Å². The molecule has 1 atom stereocenters. The minimum atomic E-state index is -0.458. The van der Waals surface area contributed by atoms with Crippen molar-refractivity contribution in [3.8, 4) is 0 Å². The van der Waals surface area contributed by atoms with Crippen molar-refractivity contribution in [3.05, 3.63) is 35.4 Å². The normalized spacial score (nSPS) is 12.9. The van der Waals surface area contributed by atoms with Gasteiger partial charge in [0.2, 0.25) is 0 Å². The number of aliphatic hydroxyl groups is 2. The van der Waals surface area contributed by atoms with E-state index in [0.29, 0.717) is 12.5 Å². The summed E-state index contributed by atoms with van der Waals surface area (Å²) in [6.45, 7) is 5.96. The number of aliphatic hydroxyl groups excluding tert-OH is 2. The van der Waals surface area contributed by atoms with Crippen LogP contribution in [0.15, 0.2) is 24.3 Å². The van der Waals surface area contributed by atoms with Crippen LogP contribution in [0.1, 0.15) is 49.8 Å². The molecule has 18 heavy (non-hydrogen) atoms. The van der Waals surface area contributed by atoms with Crippen LogP contribution in [0.25, 0.3) is 0 Å². The average Bonchev–Trinajstić information content (AvgIpc) is 2.38.